The van der Waals surface area contributed by atoms with Crippen LogP contribution in [-0.4, -0.2) is 44.2 Å². The molecule has 4 heterocycles. The first-order valence-corrected chi connectivity index (χ1v) is 13.9. The fourth-order valence-electron chi connectivity index (χ4n) is 3.12. The summed E-state index contributed by atoms with van der Waals surface area (Å²) in [4.78, 5) is 0. The maximum Gasteiger partial charge on any atom is 0.112 e. The molecule has 0 aliphatic rings. The van der Waals surface area contributed by atoms with Gasteiger partial charge in [0.2, 0.25) is 0 Å². The lowest BCUT2D eigenvalue weighted by molar-refractivity contribution is 0.218. The van der Waals surface area contributed by atoms with Crippen LogP contribution in [0.4, 0.5) is 0 Å². The van der Waals surface area contributed by atoms with E-state index in [1.165, 1.54) is 14.8 Å². The first-order valence-electron chi connectivity index (χ1n) is 10.1. The Bertz CT molecular complexity index is 1230. The van der Waals surface area contributed by atoms with Crippen molar-refractivity contribution < 1.29 is 5.11 Å². The summed E-state index contributed by atoms with van der Waals surface area (Å²) in [6, 6.07) is 0. The Kier molecular flexibility index (Phi) is 9.56. The van der Waals surface area contributed by atoms with Crippen LogP contribution < -0.4 is 0 Å². The summed E-state index contributed by atoms with van der Waals surface area (Å²) < 4.78 is 11.3. The van der Waals surface area contributed by atoms with E-state index in [0.717, 1.165) is 43.5 Å². The second-order valence-corrected chi connectivity index (χ2v) is 10.7. The van der Waals surface area contributed by atoms with Gasteiger partial charge in [0.15, 0.2) is 0 Å². The van der Waals surface area contributed by atoms with E-state index in [1.807, 2.05) is 47.5 Å². The Hall–Kier alpha value is -0.780. The Morgan fingerprint density at radius 3 is 1.79 bits per heavy atom. The standard InChI is InChI=1S/C10H12BrIN4O.C10H12BrIN4/c1-3-16-10(12)7(5-14-16)8(17)6-4-13-15(2)9(6)11;1-3-16-10(12)8(6-14-16)4-7-5-13-15(2)9(7)11/h4-5,8,17H,3H2,1-2H3;5-6H,3-4H2,1-2H3. The highest BCUT2D eigenvalue weighted by molar-refractivity contribution is 14.1. The van der Waals surface area contributed by atoms with Crippen LogP contribution in [0, 0.1) is 7.40 Å². The van der Waals surface area contributed by atoms with Crippen LogP contribution in [0.25, 0.3) is 0 Å². The minimum Gasteiger partial charge on any atom is -0.383 e. The molecule has 0 amide bonds. The Morgan fingerprint density at radius 2 is 1.30 bits per heavy atom. The maximum atomic E-state index is 10.3. The third kappa shape index (κ3) is 5.90. The van der Waals surface area contributed by atoms with Gasteiger partial charge in [0.1, 0.15) is 22.7 Å². The zero-order valence-corrected chi connectivity index (χ0v) is 26.0. The smallest absolute Gasteiger partial charge is 0.112 e. The summed E-state index contributed by atoms with van der Waals surface area (Å²) in [5, 5.41) is 27.2. The molecule has 13 heteroatoms. The van der Waals surface area contributed by atoms with Gasteiger partial charge in [-0.2, -0.15) is 20.4 Å². The van der Waals surface area contributed by atoms with Crippen LogP contribution in [0.1, 0.15) is 42.2 Å². The fraction of sp³-hybridized carbons (Fsp3) is 0.400. The van der Waals surface area contributed by atoms with Crippen molar-refractivity contribution in [2.45, 2.75) is 39.5 Å². The normalized spacial score (nSPS) is 12.0. The topological polar surface area (TPSA) is 91.5 Å². The number of aliphatic hydroxyl groups is 1. The molecule has 0 spiro atoms. The van der Waals surface area contributed by atoms with Crippen molar-refractivity contribution in [3.05, 3.63) is 63.6 Å². The van der Waals surface area contributed by atoms with E-state index < -0.39 is 6.10 Å². The largest absolute Gasteiger partial charge is 0.383 e. The van der Waals surface area contributed by atoms with Crippen molar-refractivity contribution in [1.82, 2.24) is 39.1 Å². The number of aromatic nitrogens is 8. The van der Waals surface area contributed by atoms with E-state index in [1.54, 1.807) is 17.1 Å². The van der Waals surface area contributed by atoms with Gasteiger partial charge in [-0.25, -0.2) is 0 Å². The first kappa shape index (κ1) is 26.8. The number of rotatable bonds is 6. The van der Waals surface area contributed by atoms with Crippen LogP contribution in [0.5, 0.6) is 0 Å². The second kappa shape index (κ2) is 11.8. The molecule has 0 saturated heterocycles. The predicted octanol–water partition coefficient (Wildman–Crippen LogP) is 4.68. The molecule has 0 saturated carbocycles. The highest BCUT2D eigenvalue weighted by atomic mass is 127. The number of halogens is 4. The SMILES string of the molecule is CCn1ncc(C(O)c2cnn(C)c2Br)c1I.CCn1ncc(Cc2cnn(C)c2Br)c1I. The van der Waals surface area contributed by atoms with E-state index in [-0.39, 0.29) is 0 Å². The third-order valence-corrected chi connectivity index (χ3v) is 9.47. The van der Waals surface area contributed by atoms with Crippen LogP contribution in [0.3, 0.4) is 0 Å². The van der Waals surface area contributed by atoms with Crippen molar-refractivity contribution in [2.75, 3.05) is 0 Å². The maximum absolute atomic E-state index is 10.3. The average Bonchev–Trinajstić information content (AvgIpc) is 3.54. The molecule has 4 aromatic rings. The molecule has 4 aromatic heterocycles. The summed E-state index contributed by atoms with van der Waals surface area (Å²) in [7, 11) is 3.74. The molecule has 0 aliphatic heterocycles. The van der Waals surface area contributed by atoms with Gasteiger partial charge in [-0.15, -0.1) is 0 Å². The lowest BCUT2D eigenvalue weighted by Gasteiger charge is -2.08. The van der Waals surface area contributed by atoms with Crippen molar-refractivity contribution in [2.24, 2.45) is 14.1 Å². The quantitative estimate of drug-likeness (QED) is 0.286. The molecular formula is C20H24Br2I2N8O. The summed E-state index contributed by atoms with van der Waals surface area (Å²) in [5.41, 5.74) is 3.99. The Morgan fingerprint density at radius 1 is 0.788 bits per heavy atom. The van der Waals surface area contributed by atoms with Crippen LogP contribution in [0.15, 0.2) is 34.0 Å². The fourth-order valence-corrected chi connectivity index (χ4v) is 5.56. The van der Waals surface area contributed by atoms with E-state index in [2.05, 4.69) is 104 Å². The number of hydrogen-bond acceptors (Lipinski definition) is 5. The third-order valence-electron chi connectivity index (χ3n) is 5.04. The van der Waals surface area contributed by atoms with Crippen molar-refractivity contribution >= 4 is 77.0 Å². The molecule has 4 rings (SSSR count). The van der Waals surface area contributed by atoms with Crippen LogP contribution >= 0.6 is 77.0 Å². The van der Waals surface area contributed by atoms with Gasteiger partial charge in [-0.1, -0.05) is 0 Å². The molecule has 0 aliphatic carbocycles. The molecule has 0 aromatic carbocycles. The van der Waals surface area contributed by atoms with E-state index in [0.29, 0.717) is 0 Å². The lowest BCUT2D eigenvalue weighted by atomic mass is 10.1. The number of hydrogen-bond donors (Lipinski definition) is 1. The van der Waals surface area contributed by atoms with E-state index >= 15 is 0 Å². The summed E-state index contributed by atoms with van der Waals surface area (Å²) in [5.74, 6) is 0. The number of aryl methyl sites for hydroxylation is 4. The molecule has 0 bridgehead atoms. The average molecular weight is 806 g/mol. The molecule has 0 fully saturated rings. The van der Waals surface area contributed by atoms with Gasteiger partial charge >= 0.3 is 0 Å². The predicted molar refractivity (Wildman–Crippen MR) is 150 cm³/mol. The minimum absolute atomic E-state index is 0.703. The highest BCUT2D eigenvalue weighted by Crippen LogP contribution is 2.30. The van der Waals surface area contributed by atoms with Gasteiger partial charge < -0.3 is 5.11 Å². The van der Waals surface area contributed by atoms with Gasteiger partial charge in [0.05, 0.1) is 24.8 Å². The van der Waals surface area contributed by atoms with E-state index in [9.17, 15) is 5.11 Å². The highest BCUT2D eigenvalue weighted by Gasteiger charge is 2.21. The van der Waals surface area contributed by atoms with Crippen molar-refractivity contribution in [3.8, 4) is 0 Å². The molecule has 9 nitrogen and oxygen atoms in total. The molecule has 33 heavy (non-hydrogen) atoms. The summed E-state index contributed by atoms with van der Waals surface area (Å²) >= 11 is 11.5. The van der Waals surface area contributed by atoms with Crippen LogP contribution in [0.2, 0.25) is 0 Å². The monoisotopic (exact) mass is 804 g/mol. The molecule has 1 N–H and O–H groups in total. The minimum atomic E-state index is -0.703. The zero-order chi connectivity index (χ0) is 24.3. The molecule has 1 unspecified atom stereocenters. The van der Waals surface area contributed by atoms with Crippen LogP contribution in [-0.2, 0) is 33.6 Å². The Balaban J connectivity index is 0.000000186. The van der Waals surface area contributed by atoms with Gasteiger partial charge in [0.25, 0.3) is 0 Å². The molecular weight excluding hydrogens is 782 g/mol. The summed E-state index contributed by atoms with van der Waals surface area (Å²) in [6.07, 6.45) is 7.36. The number of aliphatic hydroxyl groups excluding tert-OH is 1. The van der Waals surface area contributed by atoms with Crippen molar-refractivity contribution in [3.63, 3.8) is 0 Å². The zero-order valence-electron chi connectivity index (χ0n) is 18.5. The Labute approximate surface area is 236 Å². The first-order chi connectivity index (χ1) is 15.7. The molecule has 178 valence electrons. The molecule has 1 atom stereocenters. The lowest BCUT2D eigenvalue weighted by Crippen LogP contribution is -2.04. The van der Waals surface area contributed by atoms with E-state index in [4.69, 9.17) is 0 Å². The molecule has 0 radical (unpaired) electrons. The van der Waals surface area contributed by atoms with Crippen molar-refractivity contribution in [1.29, 1.82) is 0 Å². The van der Waals surface area contributed by atoms with Gasteiger partial charge in [-0.05, 0) is 90.9 Å². The second-order valence-electron chi connectivity index (χ2n) is 7.16. The van der Waals surface area contributed by atoms with Gasteiger partial charge in [-0.3, -0.25) is 18.7 Å². The van der Waals surface area contributed by atoms with Gasteiger partial charge in [0, 0.05) is 55.9 Å². The summed E-state index contributed by atoms with van der Waals surface area (Å²) in [6.45, 7) is 5.82. The number of nitrogens with zero attached hydrogens (tertiary/aromatic N) is 8.